The van der Waals surface area contributed by atoms with Crippen LogP contribution < -0.4 is 0 Å². The van der Waals surface area contributed by atoms with Crippen LogP contribution in [0.25, 0.3) is 0 Å². The Labute approximate surface area is 505 Å². The summed E-state index contributed by atoms with van der Waals surface area (Å²) in [7, 11) is -9.88. The van der Waals surface area contributed by atoms with Gasteiger partial charge in [-0.3, -0.25) is 37.3 Å². The number of carbonyl (C=O) groups is 4. The maximum atomic E-state index is 13.0. The van der Waals surface area contributed by atoms with Crippen LogP contribution in [0.1, 0.15) is 318 Å². The molecular formula is C64H124O17P2. The van der Waals surface area contributed by atoms with Gasteiger partial charge in [0, 0.05) is 25.7 Å². The summed E-state index contributed by atoms with van der Waals surface area (Å²) in [5.41, 5.74) is 0. The first-order valence-corrected chi connectivity index (χ1v) is 36.5. The molecule has 0 aliphatic rings. The highest BCUT2D eigenvalue weighted by molar-refractivity contribution is 7.47. The number of carbonyl (C=O) groups excluding carboxylic acids is 4. The highest BCUT2D eigenvalue weighted by Gasteiger charge is 2.30. The molecule has 492 valence electrons. The van der Waals surface area contributed by atoms with Gasteiger partial charge < -0.3 is 33.8 Å². The van der Waals surface area contributed by atoms with Gasteiger partial charge in [-0.2, -0.15) is 0 Å². The van der Waals surface area contributed by atoms with Crippen molar-refractivity contribution >= 4 is 39.5 Å². The van der Waals surface area contributed by atoms with Crippen molar-refractivity contribution in [2.45, 2.75) is 336 Å². The van der Waals surface area contributed by atoms with E-state index in [1.54, 1.807) is 0 Å². The zero-order valence-electron chi connectivity index (χ0n) is 53.5. The maximum absolute atomic E-state index is 13.0. The first-order chi connectivity index (χ1) is 39.9. The Balaban J connectivity index is 5.22. The Morgan fingerprint density at radius 1 is 0.349 bits per heavy atom. The van der Waals surface area contributed by atoms with Gasteiger partial charge in [-0.25, -0.2) is 9.13 Å². The van der Waals surface area contributed by atoms with Gasteiger partial charge >= 0.3 is 39.5 Å². The van der Waals surface area contributed by atoms with Crippen molar-refractivity contribution in [3.8, 4) is 0 Å². The van der Waals surface area contributed by atoms with E-state index in [0.717, 1.165) is 115 Å². The number of rotatable bonds is 63. The van der Waals surface area contributed by atoms with E-state index < -0.39 is 97.5 Å². The molecule has 0 aromatic carbocycles. The van der Waals surface area contributed by atoms with Crippen LogP contribution in [0.3, 0.4) is 0 Å². The number of aliphatic hydroxyl groups excluding tert-OH is 1. The van der Waals surface area contributed by atoms with Crippen LogP contribution in [0.4, 0.5) is 0 Å². The van der Waals surface area contributed by atoms with Gasteiger partial charge in [0.25, 0.3) is 0 Å². The number of hydrogen-bond acceptors (Lipinski definition) is 15. The van der Waals surface area contributed by atoms with Crippen molar-refractivity contribution in [1.82, 2.24) is 0 Å². The minimum atomic E-state index is -4.94. The lowest BCUT2D eigenvalue weighted by atomic mass is 10.00. The van der Waals surface area contributed by atoms with E-state index >= 15 is 0 Å². The van der Waals surface area contributed by atoms with Crippen LogP contribution in [-0.2, 0) is 65.4 Å². The molecule has 0 spiro atoms. The first-order valence-electron chi connectivity index (χ1n) is 33.5. The molecule has 0 saturated heterocycles. The summed E-state index contributed by atoms with van der Waals surface area (Å²) in [4.78, 5) is 72.1. The topological polar surface area (TPSA) is 237 Å². The van der Waals surface area contributed by atoms with E-state index in [9.17, 15) is 43.2 Å². The molecule has 0 aromatic rings. The molecule has 19 heteroatoms. The number of ether oxygens (including phenoxy) is 4. The normalized spacial score (nSPS) is 14.6. The third-order valence-electron chi connectivity index (χ3n) is 15.1. The second-order valence-corrected chi connectivity index (χ2v) is 26.8. The molecule has 0 rings (SSSR count). The fourth-order valence-electron chi connectivity index (χ4n) is 9.50. The van der Waals surface area contributed by atoms with E-state index in [1.807, 2.05) is 0 Å². The van der Waals surface area contributed by atoms with Crippen molar-refractivity contribution in [2.75, 3.05) is 39.6 Å². The third-order valence-corrected chi connectivity index (χ3v) is 17.0. The Kier molecular flexibility index (Phi) is 55.2. The standard InChI is InChI=1S/C64H124O17P2/c1-7-10-12-14-16-18-24-28-36-42-48-63(68)80-59(52-74-61(66)46-40-34-27-17-15-13-11-8-2)54-78-82(70,71)76-50-58(65)51-77-83(72,73)79-55-60(53-75-62(67)47-41-35-31-30-33-39-45-57(6)9-3)81-64(69)49-43-37-29-25-22-20-19-21-23-26-32-38-44-56(4)5/h56-60,65H,7-55H2,1-6H3,(H,70,71)(H,72,73)/t57?,58-,59+,60+/m0/s1. The monoisotopic (exact) mass is 1230 g/mol. The summed E-state index contributed by atoms with van der Waals surface area (Å²) in [5, 5.41) is 10.5. The zero-order valence-corrected chi connectivity index (χ0v) is 55.3. The van der Waals surface area contributed by atoms with Gasteiger partial charge in [0.15, 0.2) is 12.2 Å². The second kappa shape index (κ2) is 56.6. The molecule has 0 radical (unpaired) electrons. The second-order valence-electron chi connectivity index (χ2n) is 23.9. The van der Waals surface area contributed by atoms with Crippen molar-refractivity contribution in [3.63, 3.8) is 0 Å². The summed E-state index contributed by atoms with van der Waals surface area (Å²) in [6.07, 6.45) is 38.9. The molecule has 0 bridgehead atoms. The largest absolute Gasteiger partial charge is 0.472 e. The predicted molar refractivity (Wildman–Crippen MR) is 331 cm³/mol. The molecular weight excluding hydrogens is 1100 g/mol. The number of phosphoric acid groups is 2. The Morgan fingerprint density at radius 2 is 0.614 bits per heavy atom. The van der Waals surface area contributed by atoms with E-state index in [1.165, 1.54) is 122 Å². The fourth-order valence-corrected chi connectivity index (χ4v) is 11.1. The molecule has 3 N–H and O–H groups in total. The quantitative estimate of drug-likeness (QED) is 0.0222. The highest BCUT2D eigenvalue weighted by Crippen LogP contribution is 2.45. The summed E-state index contributed by atoms with van der Waals surface area (Å²) >= 11 is 0. The smallest absolute Gasteiger partial charge is 0.462 e. The number of hydrogen-bond donors (Lipinski definition) is 3. The molecule has 0 fully saturated rings. The number of esters is 4. The summed E-state index contributed by atoms with van der Waals surface area (Å²) < 4.78 is 67.9. The number of phosphoric ester groups is 2. The van der Waals surface area contributed by atoms with Gasteiger partial charge in [0.1, 0.15) is 19.3 Å². The zero-order chi connectivity index (χ0) is 61.5. The first kappa shape index (κ1) is 81.1. The van der Waals surface area contributed by atoms with E-state index in [2.05, 4.69) is 41.5 Å². The molecule has 6 atom stereocenters. The molecule has 83 heavy (non-hydrogen) atoms. The fraction of sp³-hybridized carbons (Fsp3) is 0.938. The Morgan fingerprint density at radius 3 is 0.916 bits per heavy atom. The molecule has 0 heterocycles. The maximum Gasteiger partial charge on any atom is 0.472 e. The van der Waals surface area contributed by atoms with E-state index in [-0.39, 0.29) is 25.7 Å². The van der Waals surface area contributed by atoms with Crippen molar-refractivity contribution in [1.29, 1.82) is 0 Å². The highest BCUT2D eigenvalue weighted by atomic mass is 31.2. The van der Waals surface area contributed by atoms with Gasteiger partial charge in [-0.05, 0) is 37.5 Å². The van der Waals surface area contributed by atoms with Crippen molar-refractivity contribution in [3.05, 3.63) is 0 Å². The van der Waals surface area contributed by atoms with Gasteiger partial charge in [-0.15, -0.1) is 0 Å². The summed E-state index contributed by atoms with van der Waals surface area (Å²) in [5.74, 6) is -0.629. The predicted octanol–water partition coefficient (Wildman–Crippen LogP) is 17.7. The van der Waals surface area contributed by atoms with Crippen LogP contribution in [0.15, 0.2) is 0 Å². The molecule has 0 aliphatic heterocycles. The average Bonchev–Trinajstić information content (AvgIpc) is 3.45. The van der Waals surface area contributed by atoms with Crippen molar-refractivity contribution < 1.29 is 80.2 Å². The minimum Gasteiger partial charge on any atom is -0.462 e. The van der Waals surface area contributed by atoms with Crippen LogP contribution >= 0.6 is 15.6 Å². The van der Waals surface area contributed by atoms with Crippen molar-refractivity contribution in [2.24, 2.45) is 11.8 Å². The third kappa shape index (κ3) is 57.6. The van der Waals surface area contributed by atoms with Crippen LogP contribution in [0.2, 0.25) is 0 Å². The van der Waals surface area contributed by atoms with E-state index in [4.69, 9.17) is 37.0 Å². The van der Waals surface area contributed by atoms with Gasteiger partial charge in [0.2, 0.25) is 0 Å². The Hall–Kier alpha value is -1.94. The SMILES string of the molecule is CCCCCCCCCCCCC(=O)O[C@H](COC(=O)CCCCCCCCCC)COP(=O)(O)OC[C@H](O)COP(=O)(O)OC[C@@H](COC(=O)CCCCCCCCC(C)CC)OC(=O)CCCCCCCCCCCCCCC(C)C. The van der Waals surface area contributed by atoms with Gasteiger partial charge in [-0.1, -0.05) is 266 Å². The lowest BCUT2D eigenvalue weighted by molar-refractivity contribution is -0.161. The van der Waals surface area contributed by atoms with Crippen LogP contribution in [-0.4, -0.2) is 96.7 Å². The molecule has 0 amide bonds. The molecule has 17 nitrogen and oxygen atoms in total. The van der Waals surface area contributed by atoms with Crippen LogP contribution in [0.5, 0.6) is 0 Å². The molecule has 3 unspecified atom stereocenters. The number of aliphatic hydroxyl groups is 1. The molecule has 0 aromatic heterocycles. The lowest BCUT2D eigenvalue weighted by Crippen LogP contribution is -2.30. The minimum absolute atomic E-state index is 0.106. The lowest BCUT2D eigenvalue weighted by Gasteiger charge is -2.21. The van der Waals surface area contributed by atoms with E-state index in [0.29, 0.717) is 25.7 Å². The van der Waals surface area contributed by atoms with Crippen LogP contribution in [0, 0.1) is 11.8 Å². The summed E-state index contributed by atoms with van der Waals surface area (Å²) in [6, 6.07) is 0. The molecule has 0 aliphatic carbocycles. The summed E-state index contributed by atoms with van der Waals surface area (Å²) in [6.45, 7) is 9.43. The van der Waals surface area contributed by atoms with Gasteiger partial charge in [0.05, 0.1) is 26.4 Å². The molecule has 0 saturated carbocycles. The average molecular weight is 1230 g/mol. The Bertz CT molecular complexity index is 1630. The number of unbranched alkanes of at least 4 members (excludes halogenated alkanes) is 32.